The van der Waals surface area contributed by atoms with Crippen molar-refractivity contribution in [2.24, 2.45) is 0 Å². The first kappa shape index (κ1) is 75.1. The number of aromatic nitrogens is 6. The summed E-state index contributed by atoms with van der Waals surface area (Å²) in [5.74, 6) is 8.01. The zero-order valence-electron chi connectivity index (χ0n) is 54.8. The molecule has 0 saturated heterocycles. The smallest absolute Gasteiger partial charge is 0.130 e. The predicted octanol–water partition coefficient (Wildman–Crippen LogP) is 23.6. The third-order valence-corrected chi connectivity index (χ3v) is 14.2. The Morgan fingerprint density at radius 3 is 1.32 bits per heavy atom. The van der Waals surface area contributed by atoms with Crippen molar-refractivity contribution in [1.29, 1.82) is 0 Å². The molecular formula is C74H106N6O2S2. The summed E-state index contributed by atoms with van der Waals surface area (Å²) < 4.78 is 9.97. The second-order valence-electron chi connectivity index (χ2n) is 23.0. The molecule has 10 rings (SSSR count). The van der Waals surface area contributed by atoms with Gasteiger partial charge in [0.05, 0.1) is 18.8 Å². The molecule has 8 nitrogen and oxygen atoms in total. The van der Waals surface area contributed by atoms with Gasteiger partial charge in [0.1, 0.15) is 11.6 Å². The molecule has 0 amide bonds. The van der Waals surface area contributed by atoms with Gasteiger partial charge in [-0.1, -0.05) is 187 Å². The highest BCUT2D eigenvalue weighted by Gasteiger charge is 2.02. The highest BCUT2D eigenvalue weighted by atomic mass is 32.1. The molecular weight excluding hydrogens is 1070 g/mol. The van der Waals surface area contributed by atoms with E-state index in [0.717, 1.165) is 17.3 Å². The number of hydrogen-bond acceptors (Lipinski definition) is 8. The van der Waals surface area contributed by atoms with Gasteiger partial charge in [0.15, 0.2) is 0 Å². The topological polar surface area (TPSA) is 109 Å². The van der Waals surface area contributed by atoms with E-state index in [4.69, 9.17) is 8.83 Å². The van der Waals surface area contributed by atoms with E-state index in [2.05, 4.69) is 245 Å². The van der Waals surface area contributed by atoms with Crippen LogP contribution in [0.25, 0.3) is 0 Å². The van der Waals surface area contributed by atoms with Crippen molar-refractivity contribution in [3.05, 3.63) is 261 Å². The molecule has 456 valence electrons. The molecule has 0 aliphatic heterocycles. The number of rotatable bonds is 10. The SMILES string of the molecule is CC(C)c1cc[nH]c1.CC(C)c1ccc[nH]1.CC(C)c1ccccc1.CC(C)c1ccccn1.CC(C)c1cccnc1.CC(C)c1ccco1.CC(C)c1cccs1.CC(C)c1ccoc1.CC(C)c1ccsc1.CC(C)c1ncccn1. The van der Waals surface area contributed by atoms with Crippen LogP contribution in [0.5, 0.6) is 0 Å². The number of benzene rings is 1. The summed E-state index contributed by atoms with van der Waals surface area (Å²) >= 11 is 3.60. The van der Waals surface area contributed by atoms with Crippen LogP contribution in [-0.4, -0.2) is 29.9 Å². The first-order valence-electron chi connectivity index (χ1n) is 30.0. The van der Waals surface area contributed by atoms with Crippen LogP contribution in [0.2, 0.25) is 0 Å². The Kier molecular flexibility index (Phi) is 40.7. The molecule has 0 fully saturated rings. The van der Waals surface area contributed by atoms with Crippen LogP contribution in [-0.2, 0) is 0 Å². The fourth-order valence-electron chi connectivity index (χ4n) is 6.73. The maximum Gasteiger partial charge on any atom is 0.130 e. The molecule has 9 aromatic heterocycles. The molecule has 2 N–H and O–H groups in total. The second-order valence-corrected chi connectivity index (χ2v) is 24.8. The molecule has 0 spiro atoms. The molecule has 0 bridgehead atoms. The molecule has 9 heterocycles. The van der Waals surface area contributed by atoms with Crippen LogP contribution < -0.4 is 0 Å². The van der Waals surface area contributed by atoms with Crippen molar-refractivity contribution in [1.82, 2.24) is 29.9 Å². The lowest BCUT2D eigenvalue weighted by Crippen LogP contribution is -1.93. The van der Waals surface area contributed by atoms with Gasteiger partial charge in [-0.25, -0.2) is 9.97 Å². The Balaban J connectivity index is 0.000000467. The van der Waals surface area contributed by atoms with E-state index in [1.165, 1.54) is 38.4 Å². The molecule has 0 unspecified atom stereocenters. The van der Waals surface area contributed by atoms with Crippen LogP contribution in [0.15, 0.2) is 215 Å². The minimum atomic E-state index is 0.436. The number of thiophene rings is 2. The minimum Gasteiger partial charge on any atom is -0.472 e. The number of hydrogen-bond donors (Lipinski definition) is 2. The molecule has 0 aliphatic rings. The third kappa shape index (κ3) is 36.0. The molecule has 0 radical (unpaired) electrons. The van der Waals surface area contributed by atoms with Crippen LogP contribution in [0.3, 0.4) is 0 Å². The van der Waals surface area contributed by atoms with E-state index < -0.39 is 0 Å². The average molecular weight is 1180 g/mol. The summed E-state index contributed by atoms with van der Waals surface area (Å²) in [6.45, 7) is 43.2. The van der Waals surface area contributed by atoms with E-state index in [9.17, 15) is 0 Å². The zero-order chi connectivity index (χ0) is 62.7. The van der Waals surface area contributed by atoms with Crippen molar-refractivity contribution in [3.63, 3.8) is 0 Å². The van der Waals surface area contributed by atoms with Gasteiger partial charge in [-0.3, -0.25) is 9.97 Å². The van der Waals surface area contributed by atoms with Gasteiger partial charge in [-0.15, -0.1) is 11.3 Å². The lowest BCUT2D eigenvalue weighted by molar-refractivity contribution is 0.487. The lowest BCUT2D eigenvalue weighted by Gasteiger charge is -2.01. The largest absolute Gasteiger partial charge is 0.472 e. The minimum absolute atomic E-state index is 0.436. The van der Waals surface area contributed by atoms with Crippen LogP contribution in [0.1, 0.15) is 253 Å². The number of pyridine rings is 2. The average Bonchev–Trinajstić information content (AvgIpc) is 4.34. The maximum absolute atomic E-state index is 5.09. The summed E-state index contributed by atoms with van der Waals surface area (Å²) in [5, 5.41) is 6.44. The van der Waals surface area contributed by atoms with Gasteiger partial charge >= 0.3 is 0 Å². The van der Waals surface area contributed by atoms with Crippen molar-refractivity contribution in [3.8, 4) is 0 Å². The van der Waals surface area contributed by atoms with Crippen molar-refractivity contribution in [2.45, 2.75) is 198 Å². The number of nitrogens with one attached hydrogen (secondary N) is 2. The number of nitrogens with zero attached hydrogens (tertiary/aromatic N) is 4. The first-order chi connectivity index (χ1) is 40.0. The Morgan fingerprint density at radius 1 is 0.405 bits per heavy atom. The van der Waals surface area contributed by atoms with Crippen molar-refractivity contribution in [2.75, 3.05) is 0 Å². The van der Waals surface area contributed by atoms with Gasteiger partial charge in [0.2, 0.25) is 0 Å². The fourth-order valence-corrected chi connectivity index (χ4v) is 8.29. The van der Waals surface area contributed by atoms with Gasteiger partial charge in [-0.05, 0) is 164 Å². The van der Waals surface area contributed by atoms with Crippen LogP contribution in [0.4, 0.5) is 0 Å². The third-order valence-electron chi connectivity index (χ3n) is 12.4. The normalized spacial score (nSPS) is 10.3. The monoisotopic (exact) mass is 1170 g/mol. The van der Waals surface area contributed by atoms with Crippen molar-refractivity contribution >= 4 is 22.7 Å². The van der Waals surface area contributed by atoms with Crippen LogP contribution in [0, 0.1) is 0 Å². The fraction of sp³-hybridized carbons (Fsp3) is 0.405. The highest BCUT2D eigenvalue weighted by Crippen LogP contribution is 2.20. The van der Waals surface area contributed by atoms with E-state index >= 15 is 0 Å². The summed E-state index contributed by atoms with van der Waals surface area (Å²) in [6.07, 6.45) is 20.2. The van der Waals surface area contributed by atoms with Gasteiger partial charge in [-0.2, -0.15) is 11.3 Å². The number of H-pyrrole nitrogens is 2. The number of aromatic amines is 2. The lowest BCUT2D eigenvalue weighted by atomic mass is 10.0. The van der Waals surface area contributed by atoms with E-state index in [1.807, 2.05) is 103 Å². The molecule has 10 heteroatoms. The summed E-state index contributed by atoms with van der Waals surface area (Å²) in [5.41, 5.74) is 9.29. The van der Waals surface area contributed by atoms with E-state index in [-0.39, 0.29) is 0 Å². The molecule has 84 heavy (non-hydrogen) atoms. The molecule has 10 aromatic rings. The second kappa shape index (κ2) is 45.5. The molecule has 0 atom stereocenters. The van der Waals surface area contributed by atoms with Gasteiger partial charge < -0.3 is 18.8 Å². The Bertz CT molecular complexity index is 2390. The van der Waals surface area contributed by atoms with E-state index in [0.29, 0.717) is 59.2 Å². The standard InChI is InChI=1S/C9H12.2C8H11N.C7H10N2.2C7H11N.2C7H10O.2C7H10S/c1-8(2)9-6-4-3-5-7-9;1-7(2)8-4-3-5-9-6-8;1-7(2)8-5-3-4-6-9-8;1-6(2)7-8-4-3-5-9-7;1-6(2)7-3-4-8-5-7;1-6(2)7-4-3-5-8-7;1-6(2)7-3-4-8-5-7;1-6(2)7-4-3-5-8-7;1-6(2)7-3-4-8-5-7;1-6(2)7-4-3-5-8-7/h3-8H,1-2H3;2*3-7H,1-2H3;3-6H,1-2H3;2*3-6,8H,1-2H3;4*3-6H,1-2H3. The first-order valence-corrected chi connectivity index (χ1v) is 31.9. The highest BCUT2D eigenvalue weighted by molar-refractivity contribution is 7.10. The Hall–Kier alpha value is -6.88. The Morgan fingerprint density at radius 2 is 1.04 bits per heavy atom. The summed E-state index contributed by atoms with van der Waals surface area (Å²) in [4.78, 5) is 23.9. The van der Waals surface area contributed by atoms with Crippen molar-refractivity contribution < 1.29 is 8.83 Å². The number of furan rings is 2. The quantitative estimate of drug-likeness (QED) is 0.141. The Labute approximate surface area is 517 Å². The van der Waals surface area contributed by atoms with Crippen LogP contribution >= 0.6 is 22.7 Å². The maximum atomic E-state index is 5.09. The molecule has 0 aliphatic carbocycles. The van der Waals surface area contributed by atoms with Gasteiger partial charge in [0, 0.05) is 77.7 Å². The molecule has 1 aromatic carbocycles. The molecule has 0 saturated carbocycles. The summed E-state index contributed by atoms with van der Waals surface area (Å²) in [6, 6.07) is 41.0. The predicted molar refractivity (Wildman–Crippen MR) is 365 cm³/mol. The van der Waals surface area contributed by atoms with E-state index in [1.54, 1.807) is 48.7 Å². The van der Waals surface area contributed by atoms with Gasteiger partial charge in [0.25, 0.3) is 0 Å². The summed E-state index contributed by atoms with van der Waals surface area (Å²) in [7, 11) is 0. The zero-order valence-corrected chi connectivity index (χ0v) is 56.5.